The van der Waals surface area contributed by atoms with Crippen molar-refractivity contribution in [2.45, 2.75) is 49.4 Å². The summed E-state index contributed by atoms with van der Waals surface area (Å²) in [5.41, 5.74) is -0.436. The molecule has 10 heteroatoms. The summed E-state index contributed by atoms with van der Waals surface area (Å²) in [6, 6.07) is 6.68. The molecule has 1 aliphatic rings. The molecule has 30 heavy (non-hydrogen) atoms. The molecule has 1 fully saturated rings. The van der Waals surface area contributed by atoms with Crippen LogP contribution in [-0.2, 0) is 16.6 Å². The molecule has 164 valence electrons. The number of rotatable bonds is 9. The lowest BCUT2D eigenvalue weighted by atomic mass is 10.1. The van der Waals surface area contributed by atoms with Crippen LogP contribution in [0.3, 0.4) is 0 Å². The molecule has 0 aliphatic carbocycles. The minimum atomic E-state index is -3.53. The van der Waals surface area contributed by atoms with Crippen LogP contribution < -0.4 is 16.2 Å². The van der Waals surface area contributed by atoms with Gasteiger partial charge in [-0.2, -0.15) is 4.31 Å². The zero-order valence-electron chi connectivity index (χ0n) is 17.0. The maximum Gasteiger partial charge on any atom is 0.260 e. The summed E-state index contributed by atoms with van der Waals surface area (Å²) in [6.07, 6.45) is 5.35. The lowest BCUT2D eigenvalue weighted by molar-refractivity contribution is 0.0949. The topological polar surface area (TPSA) is 111 Å². The third-order valence-electron chi connectivity index (χ3n) is 5.13. The van der Waals surface area contributed by atoms with E-state index in [0.29, 0.717) is 24.0 Å². The van der Waals surface area contributed by atoms with Crippen LogP contribution in [0, 0.1) is 0 Å². The summed E-state index contributed by atoms with van der Waals surface area (Å²) >= 11 is 1.15. The van der Waals surface area contributed by atoms with Gasteiger partial charge in [0.1, 0.15) is 9.77 Å². The third-order valence-corrected chi connectivity index (χ3v) is 8.59. The number of unbranched alkanes of at least 4 members (excludes halogenated alkanes) is 1. The quantitative estimate of drug-likeness (QED) is 0.503. The van der Waals surface area contributed by atoms with Crippen molar-refractivity contribution in [3.63, 3.8) is 0 Å². The maximum atomic E-state index is 13.0. The summed E-state index contributed by atoms with van der Waals surface area (Å²) in [7, 11) is -3.53. The van der Waals surface area contributed by atoms with Gasteiger partial charge < -0.3 is 15.6 Å². The number of aromatic amines is 1. The molecule has 0 saturated carbocycles. The summed E-state index contributed by atoms with van der Waals surface area (Å²) in [4.78, 5) is 27.0. The monoisotopic (exact) mass is 452 g/mol. The highest BCUT2D eigenvalue weighted by Gasteiger charge is 2.30. The highest BCUT2D eigenvalue weighted by molar-refractivity contribution is 7.91. The second-order valence-electron chi connectivity index (χ2n) is 7.30. The fourth-order valence-corrected chi connectivity index (χ4v) is 6.28. The first-order valence-electron chi connectivity index (χ1n) is 10.2. The van der Waals surface area contributed by atoms with Crippen molar-refractivity contribution in [1.29, 1.82) is 0 Å². The van der Waals surface area contributed by atoms with Crippen LogP contribution in [0.25, 0.3) is 0 Å². The molecule has 0 unspecified atom stereocenters. The summed E-state index contributed by atoms with van der Waals surface area (Å²) in [5, 5.41) is 6.16. The molecule has 1 aliphatic heterocycles. The number of pyridine rings is 1. The van der Waals surface area contributed by atoms with Gasteiger partial charge in [-0.15, -0.1) is 11.3 Å². The van der Waals surface area contributed by atoms with Crippen LogP contribution >= 0.6 is 11.3 Å². The zero-order chi connectivity index (χ0) is 21.6. The number of carbonyl (C=O) groups is 1. The van der Waals surface area contributed by atoms with E-state index < -0.39 is 21.5 Å². The zero-order valence-corrected chi connectivity index (χ0v) is 18.7. The number of carbonyl (C=O) groups excluding carboxylic acids is 1. The van der Waals surface area contributed by atoms with E-state index in [0.717, 1.165) is 43.6 Å². The number of hydrogen-bond acceptors (Lipinski definition) is 6. The largest absolute Gasteiger partial charge is 0.347 e. The Balaban J connectivity index is 1.55. The van der Waals surface area contributed by atoms with Crippen molar-refractivity contribution >= 4 is 27.3 Å². The Morgan fingerprint density at radius 1 is 1.27 bits per heavy atom. The Kier molecular flexibility index (Phi) is 7.81. The second-order valence-corrected chi connectivity index (χ2v) is 10.6. The number of nitrogens with zero attached hydrogens (tertiary/aromatic N) is 1. The molecular formula is C20H28N4O4S2. The van der Waals surface area contributed by atoms with Crippen LogP contribution in [0.1, 0.15) is 47.8 Å². The van der Waals surface area contributed by atoms with Crippen LogP contribution in [-0.4, -0.2) is 49.3 Å². The minimum Gasteiger partial charge on any atom is -0.347 e. The molecule has 0 aromatic carbocycles. The average Bonchev–Trinajstić information content (AvgIpc) is 3.23. The normalized spacial score (nSPS) is 15.9. The predicted molar refractivity (Wildman–Crippen MR) is 117 cm³/mol. The molecule has 3 rings (SSSR count). The van der Waals surface area contributed by atoms with E-state index in [1.54, 1.807) is 22.5 Å². The van der Waals surface area contributed by atoms with Gasteiger partial charge in [0.25, 0.3) is 21.5 Å². The molecule has 0 spiro atoms. The van der Waals surface area contributed by atoms with Crippen molar-refractivity contribution in [3.05, 3.63) is 51.3 Å². The lowest BCUT2D eigenvalue weighted by Crippen LogP contribution is -2.44. The minimum absolute atomic E-state index is 0.0253. The van der Waals surface area contributed by atoms with Gasteiger partial charge in [0, 0.05) is 30.2 Å². The number of sulfonamides is 1. The first-order valence-corrected chi connectivity index (χ1v) is 12.5. The number of aromatic nitrogens is 1. The van der Waals surface area contributed by atoms with Gasteiger partial charge in [0.15, 0.2) is 0 Å². The van der Waals surface area contributed by atoms with Crippen molar-refractivity contribution in [2.24, 2.45) is 0 Å². The summed E-state index contributed by atoms with van der Waals surface area (Å²) in [6.45, 7) is 4.30. The summed E-state index contributed by atoms with van der Waals surface area (Å²) < 4.78 is 27.7. The van der Waals surface area contributed by atoms with E-state index in [1.807, 2.05) is 0 Å². The molecule has 3 heterocycles. The van der Waals surface area contributed by atoms with Crippen LogP contribution in [0.5, 0.6) is 0 Å². The third kappa shape index (κ3) is 5.57. The first kappa shape index (κ1) is 22.7. The van der Waals surface area contributed by atoms with Gasteiger partial charge in [0.05, 0.1) is 6.54 Å². The molecule has 0 bridgehead atoms. The Morgan fingerprint density at radius 3 is 2.73 bits per heavy atom. The van der Waals surface area contributed by atoms with Gasteiger partial charge in [0.2, 0.25) is 0 Å². The molecule has 0 atom stereocenters. The van der Waals surface area contributed by atoms with Gasteiger partial charge in [-0.25, -0.2) is 8.42 Å². The Morgan fingerprint density at radius 2 is 2.03 bits per heavy atom. The highest BCUT2D eigenvalue weighted by Crippen LogP contribution is 2.27. The molecule has 8 nitrogen and oxygen atoms in total. The molecular weight excluding hydrogens is 424 g/mol. The second kappa shape index (κ2) is 10.3. The summed E-state index contributed by atoms with van der Waals surface area (Å²) in [5.74, 6) is -0.493. The van der Waals surface area contributed by atoms with Crippen molar-refractivity contribution in [3.8, 4) is 0 Å². The smallest absolute Gasteiger partial charge is 0.260 e. The standard InChI is InChI=1S/C20H28N4O4S2/c1-2-3-10-21-15-8-12-24(13-9-15)30(27,28)18-7-6-16(29-18)14-23-20(26)17-5-4-11-22-19(17)25/h4-7,11,15,21H,2-3,8-10,12-14H2,1H3,(H,22,25)(H,23,26). The number of nitrogens with one attached hydrogen (secondary N) is 3. The maximum absolute atomic E-state index is 13.0. The fourth-order valence-electron chi connectivity index (χ4n) is 3.37. The number of hydrogen-bond donors (Lipinski definition) is 3. The van der Waals surface area contributed by atoms with E-state index in [9.17, 15) is 18.0 Å². The molecule has 2 aromatic rings. The number of amides is 1. The Bertz CT molecular complexity index is 1010. The molecule has 1 saturated heterocycles. The number of piperidine rings is 1. The van der Waals surface area contributed by atoms with E-state index in [-0.39, 0.29) is 16.3 Å². The van der Waals surface area contributed by atoms with E-state index >= 15 is 0 Å². The average molecular weight is 453 g/mol. The Hall–Kier alpha value is -2.01. The van der Waals surface area contributed by atoms with E-state index in [2.05, 4.69) is 22.5 Å². The van der Waals surface area contributed by atoms with Gasteiger partial charge in [-0.05, 0) is 50.1 Å². The van der Waals surface area contributed by atoms with Crippen LogP contribution in [0.4, 0.5) is 0 Å². The van der Waals surface area contributed by atoms with Crippen LogP contribution in [0.15, 0.2) is 39.5 Å². The molecule has 2 aromatic heterocycles. The van der Waals surface area contributed by atoms with Crippen LogP contribution in [0.2, 0.25) is 0 Å². The number of H-pyrrole nitrogens is 1. The lowest BCUT2D eigenvalue weighted by Gasteiger charge is -2.31. The van der Waals surface area contributed by atoms with Gasteiger partial charge in [-0.1, -0.05) is 13.3 Å². The van der Waals surface area contributed by atoms with Crippen molar-refractivity contribution < 1.29 is 13.2 Å². The molecule has 0 radical (unpaired) electrons. The van der Waals surface area contributed by atoms with E-state index in [1.165, 1.54) is 12.3 Å². The first-order chi connectivity index (χ1) is 14.4. The van der Waals surface area contributed by atoms with Crippen molar-refractivity contribution in [1.82, 2.24) is 19.9 Å². The fraction of sp³-hybridized carbons (Fsp3) is 0.500. The SMILES string of the molecule is CCCCNC1CCN(S(=O)(=O)c2ccc(CNC(=O)c3ccc[nH]c3=O)s2)CC1. The van der Waals surface area contributed by atoms with E-state index in [4.69, 9.17) is 0 Å². The molecule has 1 amide bonds. The predicted octanol–water partition coefficient (Wildman–Crippen LogP) is 1.91. The van der Waals surface area contributed by atoms with Gasteiger partial charge in [-0.3, -0.25) is 9.59 Å². The highest BCUT2D eigenvalue weighted by atomic mass is 32.2. The Labute approximate surface area is 180 Å². The van der Waals surface area contributed by atoms with Gasteiger partial charge >= 0.3 is 0 Å². The molecule has 3 N–H and O–H groups in total. The number of thiophene rings is 1. The van der Waals surface area contributed by atoms with Crippen molar-refractivity contribution in [2.75, 3.05) is 19.6 Å².